The standard InChI is InChI=1S/C16H27N3O2/c1-15(2)6-8-16(20-3,9-7-15)14-18-13(21-19-14)11-12-5-4-10-17-12/h12,17H,4-11H2,1-3H3. The predicted octanol–water partition coefficient (Wildman–Crippen LogP) is 2.81. The highest BCUT2D eigenvalue weighted by Gasteiger charge is 2.43. The molecule has 1 aromatic rings. The molecule has 1 aliphatic heterocycles. The fraction of sp³-hybridized carbons (Fsp3) is 0.875. The molecule has 3 rings (SSSR count). The van der Waals surface area contributed by atoms with E-state index in [9.17, 15) is 0 Å². The summed E-state index contributed by atoms with van der Waals surface area (Å²) in [6.07, 6.45) is 7.47. The molecule has 0 spiro atoms. The van der Waals surface area contributed by atoms with E-state index in [0.717, 1.165) is 50.4 Å². The van der Waals surface area contributed by atoms with E-state index in [4.69, 9.17) is 9.26 Å². The highest BCUT2D eigenvalue weighted by molar-refractivity contribution is 5.05. The number of hydrogen-bond donors (Lipinski definition) is 1. The summed E-state index contributed by atoms with van der Waals surface area (Å²) in [5, 5.41) is 7.70. The molecule has 2 heterocycles. The molecule has 2 fully saturated rings. The number of hydrogen-bond acceptors (Lipinski definition) is 5. The molecule has 0 bridgehead atoms. The lowest BCUT2D eigenvalue weighted by Crippen LogP contribution is -2.37. The first kappa shape index (κ1) is 15.0. The Morgan fingerprint density at radius 1 is 1.29 bits per heavy atom. The second kappa shape index (κ2) is 5.69. The minimum atomic E-state index is -0.347. The fourth-order valence-electron chi connectivity index (χ4n) is 3.51. The van der Waals surface area contributed by atoms with E-state index in [1.54, 1.807) is 7.11 Å². The van der Waals surface area contributed by atoms with E-state index in [1.807, 2.05) is 0 Å². The molecule has 1 N–H and O–H groups in total. The summed E-state index contributed by atoms with van der Waals surface area (Å²) < 4.78 is 11.3. The van der Waals surface area contributed by atoms with Gasteiger partial charge in [0.25, 0.3) is 0 Å². The molecule has 0 aromatic carbocycles. The van der Waals surface area contributed by atoms with Gasteiger partial charge in [0, 0.05) is 19.6 Å². The van der Waals surface area contributed by atoms with Gasteiger partial charge in [0.1, 0.15) is 5.60 Å². The van der Waals surface area contributed by atoms with Crippen LogP contribution >= 0.6 is 0 Å². The van der Waals surface area contributed by atoms with Crippen LogP contribution < -0.4 is 5.32 Å². The summed E-state index contributed by atoms with van der Waals surface area (Å²) >= 11 is 0. The van der Waals surface area contributed by atoms with Crippen LogP contribution in [-0.2, 0) is 16.8 Å². The number of methoxy groups -OCH3 is 1. The van der Waals surface area contributed by atoms with Gasteiger partial charge in [-0.3, -0.25) is 0 Å². The number of aromatic nitrogens is 2. The molecule has 1 saturated heterocycles. The maximum atomic E-state index is 5.84. The van der Waals surface area contributed by atoms with E-state index < -0.39 is 0 Å². The smallest absolute Gasteiger partial charge is 0.228 e. The van der Waals surface area contributed by atoms with Crippen LogP contribution in [0, 0.1) is 5.41 Å². The molecule has 5 nitrogen and oxygen atoms in total. The van der Waals surface area contributed by atoms with Crippen LogP contribution in [0.25, 0.3) is 0 Å². The van der Waals surface area contributed by atoms with Crippen LogP contribution in [0.1, 0.15) is 64.1 Å². The molecule has 0 radical (unpaired) electrons. The van der Waals surface area contributed by atoms with Crippen LogP contribution in [0.5, 0.6) is 0 Å². The van der Waals surface area contributed by atoms with Crippen molar-refractivity contribution in [1.82, 2.24) is 15.5 Å². The minimum Gasteiger partial charge on any atom is -0.370 e. The van der Waals surface area contributed by atoms with Gasteiger partial charge < -0.3 is 14.6 Å². The molecule has 118 valence electrons. The molecular weight excluding hydrogens is 266 g/mol. The molecule has 2 aliphatic rings. The summed E-state index contributed by atoms with van der Waals surface area (Å²) in [7, 11) is 1.77. The first-order valence-electron chi connectivity index (χ1n) is 8.15. The minimum absolute atomic E-state index is 0.347. The van der Waals surface area contributed by atoms with Crippen molar-refractivity contribution in [1.29, 1.82) is 0 Å². The van der Waals surface area contributed by atoms with Gasteiger partial charge in [-0.25, -0.2) is 0 Å². The first-order chi connectivity index (χ1) is 10.0. The fourth-order valence-corrected chi connectivity index (χ4v) is 3.51. The molecule has 1 aromatic heterocycles. The van der Waals surface area contributed by atoms with Crippen molar-refractivity contribution in [3.8, 4) is 0 Å². The number of rotatable bonds is 4. The zero-order valence-corrected chi connectivity index (χ0v) is 13.4. The van der Waals surface area contributed by atoms with Gasteiger partial charge in [0.05, 0.1) is 0 Å². The summed E-state index contributed by atoms with van der Waals surface area (Å²) in [6, 6.07) is 0.488. The Labute approximate surface area is 126 Å². The first-order valence-corrected chi connectivity index (χ1v) is 8.15. The molecule has 5 heteroatoms. The van der Waals surface area contributed by atoms with Crippen molar-refractivity contribution in [2.75, 3.05) is 13.7 Å². The molecule has 1 atom stereocenters. The van der Waals surface area contributed by atoms with Gasteiger partial charge in [0.2, 0.25) is 11.7 Å². The van der Waals surface area contributed by atoms with E-state index in [2.05, 4.69) is 29.3 Å². The Balaban J connectivity index is 1.71. The van der Waals surface area contributed by atoms with Gasteiger partial charge in [-0.2, -0.15) is 4.98 Å². The maximum Gasteiger partial charge on any atom is 0.228 e. The average Bonchev–Trinajstić information content (AvgIpc) is 3.12. The second-order valence-corrected chi connectivity index (χ2v) is 7.37. The van der Waals surface area contributed by atoms with Crippen molar-refractivity contribution in [3.63, 3.8) is 0 Å². The molecular formula is C16H27N3O2. The summed E-state index contributed by atoms with van der Waals surface area (Å²) in [5.41, 5.74) is 0.0444. The summed E-state index contributed by atoms with van der Waals surface area (Å²) in [6.45, 7) is 5.74. The molecule has 21 heavy (non-hydrogen) atoms. The Morgan fingerprint density at radius 2 is 2.05 bits per heavy atom. The lowest BCUT2D eigenvalue weighted by molar-refractivity contribution is -0.0740. The van der Waals surface area contributed by atoms with Gasteiger partial charge in [-0.05, 0) is 50.5 Å². The normalized spacial score (nSPS) is 27.9. The summed E-state index contributed by atoms with van der Waals surface area (Å²) in [4.78, 5) is 4.65. The third-order valence-electron chi connectivity index (χ3n) is 5.26. The number of nitrogens with one attached hydrogen (secondary N) is 1. The lowest BCUT2D eigenvalue weighted by atomic mass is 9.70. The SMILES string of the molecule is COC1(c2noc(CC3CCCN3)n2)CCC(C)(C)CC1. The monoisotopic (exact) mass is 293 g/mol. The van der Waals surface area contributed by atoms with Crippen LogP contribution in [-0.4, -0.2) is 29.8 Å². The predicted molar refractivity (Wildman–Crippen MR) is 80.0 cm³/mol. The third-order valence-corrected chi connectivity index (χ3v) is 5.26. The quantitative estimate of drug-likeness (QED) is 0.925. The lowest BCUT2D eigenvalue weighted by Gasteiger charge is -2.40. The van der Waals surface area contributed by atoms with Crippen molar-refractivity contribution in [3.05, 3.63) is 11.7 Å². The number of ether oxygens (including phenoxy) is 1. The van der Waals surface area contributed by atoms with Crippen molar-refractivity contribution >= 4 is 0 Å². The maximum absolute atomic E-state index is 5.84. The Morgan fingerprint density at radius 3 is 2.67 bits per heavy atom. The number of nitrogens with zero attached hydrogens (tertiary/aromatic N) is 2. The van der Waals surface area contributed by atoms with Gasteiger partial charge >= 0.3 is 0 Å². The van der Waals surface area contributed by atoms with Gasteiger partial charge in [0.15, 0.2) is 0 Å². The van der Waals surface area contributed by atoms with Crippen LogP contribution in [0.3, 0.4) is 0 Å². The zero-order chi connectivity index (χ0) is 14.9. The highest BCUT2D eigenvalue weighted by atomic mass is 16.5. The van der Waals surface area contributed by atoms with Crippen LogP contribution in [0.4, 0.5) is 0 Å². The van der Waals surface area contributed by atoms with E-state index in [-0.39, 0.29) is 5.60 Å². The Hall–Kier alpha value is -0.940. The van der Waals surface area contributed by atoms with Crippen molar-refractivity contribution in [2.45, 2.75) is 70.4 Å². The van der Waals surface area contributed by atoms with Gasteiger partial charge in [-0.1, -0.05) is 19.0 Å². The van der Waals surface area contributed by atoms with Crippen LogP contribution in [0.2, 0.25) is 0 Å². The highest BCUT2D eigenvalue weighted by Crippen LogP contribution is 2.46. The molecule has 1 unspecified atom stereocenters. The summed E-state index contributed by atoms with van der Waals surface area (Å²) in [5.74, 6) is 1.49. The second-order valence-electron chi connectivity index (χ2n) is 7.37. The largest absolute Gasteiger partial charge is 0.370 e. The zero-order valence-electron chi connectivity index (χ0n) is 13.4. The van der Waals surface area contributed by atoms with Crippen molar-refractivity contribution in [2.24, 2.45) is 5.41 Å². The van der Waals surface area contributed by atoms with Crippen molar-refractivity contribution < 1.29 is 9.26 Å². The third kappa shape index (κ3) is 3.14. The van der Waals surface area contributed by atoms with Crippen LogP contribution in [0.15, 0.2) is 4.52 Å². The van der Waals surface area contributed by atoms with E-state index in [1.165, 1.54) is 12.8 Å². The average molecular weight is 293 g/mol. The topological polar surface area (TPSA) is 60.2 Å². The van der Waals surface area contributed by atoms with E-state index in [0.29, 0.717) is 11.5 Å². The molecule has 1 aliphatic carbocycles. The van der Waals surface area contributed by atoms with Gasteiger partial charge in [-0.15, -0.1) is 0 Å². The Bertz CT molecular complexity index is 468. The molecule has 0 amide bonds. The molecule has 1 saturated carbocycles. The van der Waals surface area contributed by atoms with E-state index >= 15 is 0 Å². The Kier molecular flexibility index (Phi) is 4.06.